The second-order valence-electron chi connectivity index (χ2n) is 3.86. The van der Waals surface area contributed by atoms with Crippen molar-refractivity contribution in [2.45, 2.75) is 31.2 Å². The molecule has 12 nitrogen and oxygen atoms in total. The quantitative estimate of drug-likeness (QED) is 0.224. The zero-order valence-electron chi connectivity index (χ0n) is 11.9. The van der Waals surface area contributed by atoms with Crippen LogP contribution in [0.3, 0.4) is 0 Å². The van der Waals surface area contributed by atoms with E-state index in [4.69, 9.17) is 47.8 Å². The van der Waals surface area contributed by atoms with Gasteiger partial charge in [-0.15, -0.1) is 0 Å². The molecule has 0 bridgehead atoms. The summed E-state index contributed by atoms with van der Waals surface area (Å²) in [6, 6.07) is -3.41. The number of carboxylic acid groups (broad SMARTS) is 3. The predicted molar refractivity (Wildman–Crippen MR) is 72.7 cm³/mol. The molecule has 0 aliphatic rings. The Labute approximate surface area is 125 Å². The molecule has 0 fully saturated rings. The molecule has 12 heteroatoms. The lowest BCUT2D eigenvalue weighted by Crippen LogP contribution is -2.39. The second-order valence-corrected chi connectivity index (χ2v) is 3.86. The summed E-state index contributed by atoms with van der Waals surface area (Å²) in [5.74, 6) is -3.54. The zero-order valence-corrected chi connectivity index (χ0v) is 11.9. The third-order valence-electron chi connectivity index (χ3n) is 1.83. The first-order valence-electron chi connectivity index (χ1n) is 5.77. The Morgan fingerprint density at radius 2 is 1.09 bits per heavy atom. The lowest BCUT2D eigenvalue weighted by Gasteiger charge is -2.06. The van der Waals surface area contributed by atoms with Crippen LogP contribution in [0.15, 0.2) is 0 Å². The molecule has 132 valence electrons. The Hall–Kier alpha value is -1.83. The summed E-state index contributed by atoms with van der Waals surface area (Å²) in [5.41, 5.74) is 14.4. The van der Waals surface area contributed by atoms with Crippen LogP contribution in [0, 0.1) is 0 Å². The Morgan fingerprint density at radius 1 is 0.818 bits per heavy atom. The highest BCUT2D eigenvalue weighted by Crippen LogP contribution is 1.85. The fourth-order valence-corrected chi connectivity index (χ4v) is 0.363. The third kappa shape index (κ3) is 16.2. The van der Waals surface area contributed by atoms with Gasteiger partial charge in [-0.1, -0.05) is 0 Å². The number of hydrogen-bond acceptors (Lipinski definition) is 9. The van der Waals surface area contributed by atoms with E-state index in [1.165, 1.54) is 6.92 Å². The minimum Gasteiger partial charge on any atom is -0.480 e. The van der Waals surface area contributed by atoms with Gasteiger partial charge in [-0.3, -0.25) is 14.4 Å². The van der Waals surface area contributed by atoms with E-state index in [-0.39, 0.29) is 0 Å². The van der Waals surface area contributed by atoms with Crippen molar-refractivity contribution in [1.82, 2.24) is 0 Å². The first kappa shape index (κ1) is 25.1. The van der Waals surface area contributed by atoms with Crippen LogP contribution in [-0.4, -0.2) is 86.0 Å². The normalized spacial score (nSPS) is 14.9. The molecule has 0 aliphatic carbocycles. The zero-order chi connectivity index (χ0) is 18.5. The minimum absolute atomic E-state index is 0.505. The molecule has 12 N–H and O–H groups in total. The van der Waals surface area contributed by atoms with Gasteiger partial charge >= 0.3 is 17.9 Å². The molecule has 0 amide bonds. The molecule has 0 heterocycles. The van der Waals surface area contributed by atoms with E-state index in [1.807, 2.05) is 0 Å². The van der Waals surface area contributed by atoms with E-state index in [0.29, 0.717) is 0 Å². The van der Waals surface area contributed by atoms with Crippen LogP contribution in [0.25, 0.3) is 0 Å². The van der Waals surface area contributed by atoms with Gasteiger partial charge in [0.1, 0.15) is 18.1 Å². The van der Waals surface area contributed by atoms with Gasteiger partial charge in [0.05, 0.1) is 19.3 Å². The van der Waals surface area contributed by atoms with Gasteiger partial charge in [0.15, 0.2) is 0 Å². The number of hydrogen-bond donors (Lipinski definition) is 9. The lowest BCUT2D eigenvalue weighted by atomic mass is 10.2. The van der Waals surface area contributed by atoms with E-state index in [9.17, 15) is 14.4 Å². The molecule has 0 saturated heterocycles. The maximum Gasteiger partial charge on any atom is 0.323 e. The summed E-state index contributed by atoms with van der Waals surface area (Å²) >= 11 is 0. The highest BCUT2D eigenvalue weighted by molar-refractivity contribution is 5.74. The smallest absolute Gasteiger partial charge is 0.323 e. The van der Waals surface area contributed by atoms with E-state index in [0.717, 1.165) is 0 Å². The molecule has 0 aromatic rings. The molecule has 0 rings (SSSR count). The fourth-order valence-electron chi connectivity index (χ4n) is 0.363. The summed E-state index contributed by atoms with van der Waals surface area (Å²) in [4.78, 5) is 29.1. The fraction of sp³-hybridized carbons (Fsp3) is 0.700. The van der Waals surface area contributed by atoms with Crippen molar-refractivity contribution in [2.75, 3.05) is 13.2 Å². The van der Waals surface area contributed by atoms with Crippen molar-refractivity contribution in [2.24, 2.45) is 17.2 Å². The first-order chi connectivity index (χ1) is 9.91. The molecule has 0 spiro atoms. The van der Waals surface area contributed by atoms with Crippen LogP contribution in [0.2, 0.25) is 0 Å². The van der Waals surface area contributed by atoms with Gasteiger partial charge in [-0.05, 0) is 6.92 Å². The maximum atomic E-state index is 9.86. The Bertz CT molecular complexity index is 318. The van der Waals surface area contributed by atoms with Crippen molar-refractivity contribution in [3.8, 4) is 0 Å². The van der Waals surface area contributed by atoms with E-state index >= 15 is 0 Å². The number of aliphatic hydroxyl groups is 3. The van der Waals surface area contributed by atoms with Crippen LogP contribution >= 0.6 is 0 Å². The summed E-state index contributed by atoms with van der Waals surface area (Å²) in [6.45, 7) is 0.323. The number of aliphatic carboxylic acids is 3. The average molecular weight is 329 g/mol. The number of carboxylic acids is 3. The average Bonchev–Trinajstić information content (AvgIpc) is 2.45. The van der Waals surface area contributed by atoms with Gasteiger partial charge in [-0.25, -0.2) is 0 Å². The van der Waals surface area contributed by atoms with Crippen LogP contribution in [0.5, 0.6) is 0 Å². The molecule has 0 aliphatic heterocycles. The summed E-state index contributed by atoms with van der Waals surface area (Å²) in [7, 11) is 0. The summed E-state index contributed by atoms with van der Waals surface area (Å²) in [6.07, 6.45) is -0.979. The molecule has 4 atom stereocenters. The largest absolute Gasteiger partial charge is 0.480 e. The van der Waals surface area contributed by atoms with Gasteiger partial charge in [0.25, 0.3) is 0 Å². The van der Waals surface area contributed by atoms with Crippen molar-refractivity contribution in [1.29, 1.82) is 0 Å². The van der Waals surface area contributed by atoms with E-state index < -0.39 is 55.4 Å². The minimum atomic E-state index is -1.18. The van der Waals surface area contributed by atoms with Crippen molar-refractivity contribution < 1.29 is 45.0 Å². The van der Waals surface area contributed by atoms with Crippen molar-refractivity contribution >= 4 is 17.9 Å². The summed E-state index contributed by atoms with van der Waals surface area (Å²) in [5, 5.41) is 48.3. The highest BCUT2D eigenvalue weighted by atomic mass is 16.4. The Kier molecular flexibility index (Phi) is 16.1. The van der Waals surface area contributed by atoms with Crippen LogP contribution in [-0.2, 0) is 14.4 Å². The predicted octanol–water partition coefficient (Wildman–Crippen LogP) is -4.44. The van der Waals surface area contributed by atoms with Gasteiger partial charge in [0, 0.05) is 0 Å². The van der Waals surface area contributed by atoms with Crippen LogP contribution in [0.1, 0.15) is 6.92 Å². The molecule has 22 heavy (non-hydrogen) atoms. The standard InChI is InChI=1S/C4H9NO3.2C3H7NO3/c1-2(6)3(5)4(7)8;2*4-2(1-5)3(6)7/h2-3,6H,5H2,1H3,(H,7,8);2*2,5H,1,4H2,(H,6,7)/t2-,3+;2*2-/m110/s1. The summed E-state index contributed by atoms with van der Waals surface area (Å²) < 4.78 is 0. The van der Waals surface area contributed by atoms with Gasteiger partial charge < -0.3 is 47.8 Å². The monoisotopic (exact) mass is 329 g/mol. The van der Waals surface area contributed by atoms with Crippen molar-refractivity contribution in [3.05, 3.63) is 0 Å². The molecular formula is C10H23N3O9. The highest BCUT2D eigenvalue weighted by Gasteiger charge is 2.16. The number of carbonyl (C=O) groups is 3. The molecule has 0 unspecified atom stereocenters. The molecule has 0 aromatic heterocycles. The number of nitrogens with two attached hydrogens (primary N) is 3. The SMILES string of the molecule is C[C@@H](O)[C@H](N)C(=O)O.N[C@@H](CO)C(=O)O.N[C@H](CO)C(=O)O. The van der Waals surface area contributed by atoms with Crippen LogP contribution < -0.4 is 17.2 Å². The third-order valence-corrected chi connectivity index (χ3v) is 1.83. The molecule has 0 radical (unpaired) electrons. The Morgan fingerprint density at radius 3 is 1.09 bits per heavy atom. The van der Waals surface area contributed by atoms with Crippen LogP contribution in [0.4, 0.5) is 0 Å². The Balaban J connectivity index is -0.000000247. The van der Waals surface area contributed by atoms with Crippen molar-refractivity contribution in [3.63, 3.8) is 0 Å². The maximum absolute atomic E-state index is 9.86. The molecule has 0 saturated carbocycles. The van der Waals surface area contributed by atoms with Gasteiger partial charge in [0.2, 0.25) is 0 Å². The molecule has 0 aromatic carbocycles. The number of aliphatic hydroxyl groups excluding tert-OH is 3. The van der Waals surface area contributed by atoms with Gasteiger partial charge in [-0.2, -0.15) is 0 Å². The molecular weight excluding hydrogens is 306 g/mol. The second kappa shape index (κ2) is 14.1. The lowest BCUT2D eigenvalue weighted by molar-refractivity contribution is -0.141. The van der Waals surface area contributed by atoms with E-state index in [1.54, 1.807) is 0 Å². The van der Waals surface area contributed by atoms with E-state index in [2.05, 4.69) is 0 Å². The number of rotatable bonds is 6. The first-order valence-corrected chi connectivity index (χ1v) is 5.77. The topological polar surface area (TPSA) is 251 Å².